The Morgan fingerprint density at radius 2 is 1.76 bits per heavy atom. The lowest BCUT2D eigenvalue weighted by atomic mass is 9.95. The van der Waals surface area contributed by atoms with Crippen molar-refractivity contribution < 1.29 is 27.1 Å². The number of aliphatic carboxylic acids is 1. The van der Waals surface area contributed by atoms with Gasteiger partial charge in [-0.2, -0.15) is 0 Å². The van der Waals surface area contributed by atoms with Crippen molar-refractivity contribution in [1.29, 1.82) is 0 Å². The second-order valence-corrected chi connectivity index (χ2v) is 10.2. The van der Waals surface area contributed by atoms with Gasteiger partial charge in [0.15, 0.2) is 0 Å². The lowest BCUT2D eigenvalue weighted by Crippen LogP contribution is -2.10. The van der Waals surface area contributed by atoms with Crippen molar-refractivity contribution in [1.82, 2.24) is 4.57 Å². The van der Waals surface area contributed by atoms with E-state index in [9.17, 15) is 27.1 Å². The third kappa shape index (κ3) is 3.59. The van der Waals surface area contributed by atoms with Crippen molar-refractivity contribution in [2.45, 2.75) is 18.4 Å². The molecular formula is C25H16ClF2NO4S. The maximum Gasteiger partial charge on any atom is 0.323 e. The number of carboxylic acid groups (broad SMARTS) is 1. The van der Waals surface area contributed by atoms with Gasteiger partial charge in [-0.25, -0.2) is 17.2 Å². The first-order chi connectivity index (χ1) is 16.0. The highest BCUT2D eigenvalue weighted by atomic mass is 35.5. The normalized spacial score (nSPS) is 14.3. The number of hydrogen-bond acceptors (Lipinski definition) is 3. The molecule has 0 saturated carbocycles. The largest absolute Gasteiger partial charge is 0.480 e. The van der Waals surface area contributed by atoms with Crippen molar-refractivity contribution in [3.05, 3.63) is 93.5 Å². The van der Waals surface area contributed by atoms with E-state index in [2.05, 4.69) is 0 Å². The van der Waals surface area contributed by atoms with Gasteiger partial charge in [0.05, 0.1) is 4.90 Å². The van der Waals surface area contributed by atoms with Crippen LogP contribution >= 0.6 is 11.6 Å². The molecule has 0 atom stereocenters. The topological polar surface area (TPSA) is 76.4 Å². The highest BCUT2D eigenvalue weighted by molar-refractivity contribution is 7.95. The number of halogens is 3. The van der Waals surface area contributed by atoms with E-state index in [1.54, 1.807) is 19.1 Å². The van der Waals surface area contributed by atoms with E-state index >= 15 is 0 Å². The lowest BCUT2D eigenvalue weighted by molar-refractivity contribution is -0.137. The van der Waals surface area contributed by atoms with Gasteiger partial charge >= 0.3 is 5.97 Å². The Morgan fingerprint density at radius 3 is 2.47 bits per heavy atom. The quantitative estimate of drug-likeness (QED) is 0.384. The predicted molar refractivity (Wildman–Crippen MR) is 125 cm³/mol. The minimum atomic E-state index is -3.87. The van der Waals surface area contributed by atoms with Gasteiger partial charge in [0.25, 0.3) is 0 Å². The molecule has 0 saturated heterocycles. The van der Waals surface area contributed by atoms with Crippen molar-refractivity contribution in [2.75, 3.05) is 0 Å². The Kier molecular flexibility index (Phi) is 5.11. The van der Waals surface area contributed by atoms with Gasteiger partial charge < -0.3 is 9.67 Å². The second-order valence-electron chi connectivity index (χ2n) is 8.05. The third-order valence-corrected chi connectivity index (χ3v) is 7.61. The summed E-state index contributed by atoms with van der Waals surface area (Å²) in [5, 5.41) is 11.1. The summed E-state index contributed by atoms with van der Waals surface area (Å²) < 4.78 is 55.7. The number of fused-ring (bicyclic) bond motifs is 2. The highest BCUT2D eigenvalue weighted by Crippen LogP contribution is 2.44. The summed E-state index contributed by atoms with van der Waals surface area (Å²) in [7, 11) is -3.87. The van der Waals surface area contributed by atoms with Gasteiger partial charge in [-0.05, 0) is 60.5 Å². The van der Waals surface area contributed by atoms with Crippen LogP contribution in [-0.2, 0) is 21.2 Å². The summed E-state index contributed by atoms with van der Waals surface area (Å²) in [6.07, 6.45) is 0. The van der Waals surface area contributed by atoms with Crippen LogP contribution in [0, 0.1) is 18.6 Å². The first kappa shape index (κ1) is 22.3. The molecule has 3 aromatic carbocycles. The van der Waals surface area contributed by atoms with Gasteiger partial charge in [0, 0.05) is 43.7 Å². The zero-order valence-corrected chi connectivity index (χ0v) is 19.2. The van der Waals surface area contributed by atoms with Crippen LogP contribution < -0.4 is 0 Å². The van der Waals surface area contributed by atoms with Crippen molar-refractivity contribution in [2.24, 2.45) is 0 Å². The van der Waals surface area contributed by atoms with Gasteiger partial charge in [-0.1, -0.05) is 23.7 Å². The lowest BCUT2D eigenvalue weighted by Gasteiger charge is -2.09. The fraction of sp³-hybridized carbons (Fsp3) is 0.0800. The molecule has 5 nitrogen and oxygen atoms in total. The molecule has 9 heteroatoms. The Bertz CT molecular complexity index is 1650. The number of carbonyl (C=O) groups is 1. The molecule has 0 aliphatic carbocycles. The number of rotatable bonds is 4. The van der Waals surface area contributed by atoms with E-state index in [4.69, 9.17) is 11.6 Å². The van der Waals surface area contributed by atoms with E-state index < -0.39 is 27.4 Å². The fourth-order valence-electron chi connectivity index (χ4n) is 4.49. The first-order valence-electron chi connectivity index (χ1n) is 10.1. The molecule has 0 unspecified atom stereocenters. The number of nitrogens with zero attached hydrogens (tertiary/aromatic N) is 1. The third-order valence-electron chi connectivity index (χ3n) is 5.90. The molecule has 0 fully saturated rings. The number of sulfone groups is 1. The van der Waals surface area contributed by atoms with Gasteiger partial charge in [0.2, 0.25) is 9.84 Å². The monoisotopic (exact) mass is 499 g/mol. The molecule has 34 heavy (non-hydrogen) atoms. The van der Waals surface area contributed by atoms with Crippen LogP contribution in [0.25, 0.3) is 27.6 Å². The van der Waals surface area contributed by atoms with Gasteiger partial charge in [0.1, 0.15) is 18.2 Å². The second kappa shape index (κ2) is 7.78. The molecule has 1 aliphatic rings. The average molecular weight is 500 g/mol. The Balaban J connectivity index is 1.74. The van der Waals surface area contributed by atoms with Crippen LogP contribution in [-0.4, -0.2) is 24.1 Å². The van der Waals surface area contributed by atoms with Crippen LogP contribution in [0.2, 0.25) is 5.02 Å². The first-order valence-corrected chi connectivity index (χ1v) is 12.1. The smallest absolute Gasteiger partial charge is 0.323 e. The van der Waals surface area contributed by atoms with E-state index in [0.29, 0.717) is 44.4 Å². The standard InChI is InChI=1S/C25H16ClF2NO4S/c1-13-25(20-10-17(27)3-5-22(20)29(13)11-24(30)31)21-12-34(32,33)23-8-14(2-4-19(21)23)15-6-16(26)9-18(28)7-15/h2-10,12H,11H2,1H3,(H,30,31). The molecule has 0 bridgehead atoms. The summed E-state index contributed by atoms with van der Waals surface area (Å²) >= 11 is 5.96. The van der Waals surface area contributed by atoms with E-state index in [1.807, 2.05) is 0 Å². The Morgan fingerprint density at radius 1 is 1.00 bits per heavy atom. The van der Waals surface area contributed by atoms with Crippen LogP contribution in [0.5, 0.6) is 0 Å². The molecule has 172 valence electrons. The summed E-state index contributed by atoms with van der Waals surface area (Å²) in [5.74, 6) is -2.16. The molecule has 0 radical (unpaired) electrons. The van der Waals surface area contributed by atoms with Gasteiger partial charge in [-0.3, -0.25) is 4.79 Å². The zero-order valence-electron chi connectivity index (χ0n) is 17.6. The Labute approximate surface area is 198 Å². The maximum atomic E-state index is 14.2. The van der Waals surface area contributed by atoms with Crippen molar-refractivity contribution in [3.63, 3.8) is 0 Å². The summed E-state index contributed by atoms with van der Waals surface area (Å²) in [6.45, 7) is 1.31. The number of carboxylic acids is 1. The minimum absolute atomic E-state index is 0.0234. The SMILES string of the molecule is Cc1c(C2=CS(=O)(=O)c3cc(-c4cc(F)cc(Cl)c4)ccc32)c2cc(F)ccc2n1CC(=O)O. The van der Waals surface area contributed by atoms with E-state index in [-0.39, 0.29) is 16.5 Å². The van der Waals surface area contributed by atoms with Crippen LogP contribution in [0.3, 0.4) is 0 Å². The molecule has 1 N–H and O–H groups in total. The molecule has 4 aromatic rings. The zero-order chi connectivity index (χ0) is 24.4. The van der Waals surface area contributed by atoms with Crippen LogP contribution in [0.1, 0.15) is 16.8 Å². The van der Waals surface area contributed by atoms with E-state index in [0.717, 1.165) is 11.5 Å². The molecular weight excluding hydrogens is 484 g/mol. The Hall–Kier alpha value is -3.49. The summed E-state index contributed by atoms with van der Waals surface area (Å²) in [4.78, 5) is 11.5. The van der Waals surface area contributed by atoms with Crippen molar-refractivity contribution in [3.8, 4) is 11.1 Å². The number of benzene rings is 3. The summed E-state index contributed by atoms with van der Waals surface area (Å²) in [6, 6.07) is 12.6. The van der Waals surface area contributed by atoms with E-state index in [1.165, 1.54) is 41.0 Å². The fourth-order valence-corrected chi connectivity index (χ4v) is 6.17. The van der Waals surface area contributed by atoms with Crippen LogP contribution in [0.15, 0.2) is 64.9 Å². The van der Waals surface area contributed by atoms with Crippen molar-refractivity contribution >= 4 is 43.9 Å². The molecule has 0 spiro atoms. The predicted octanol–water partition coefficient (Wildman–Crippen LogP) is 5.81. The molecule has 5 rings (SSSR count). The molecule has 0 amide bonds. The number of aromatic nitrogens is 1. The summed E-state index contributed by atoms with van der Waals surface area (Å²) in [5.41, 5.74) is 3.05. The van der Waals surface area contributed by atoms with Crippen LogP contribution in [0.4, 0.5) is 8.78 Å². The average Bonchev–Trinajstić information content (AvgIpc) is 3.16. The molecule has 1 aromatic heterocycles. The molecule has 1 aliphatic heterocycles. The minimum Gasteiger partial charge on any atom is -0.480 e. The highest BCUT2D eigenvalue weighted by Gasteiger charge is 2.31. The maximum absolute atomic E-state index is 14.2. The number of hydrogen-bond donors (Lipinski definition) is 1. The van der Waals surface area contributed by atoms with Gasteiger partial charge in [-0.15, -0.1) is 0 Å². The molecule has 2 heterocycles.